The first-order chi connectivity index (χ1) is 13.4. The number of ether oxygens (including phenoxy) is 1. The average Bonchev–Trinajstić information content (AvgIpc) is 3.10. The number of nitrogen functional groups attached to an aromatic ring is 1. The third-order valence-corrected chi connectivity index (χ3v) is 5.40. The Morgan fingerprint density at radius 1 is 1.14 bits per heavy atom. The van der Waals surface area contributed by atoms with Crippen molar-refractivity contribution < 1.29 is 9.15 Å². The highest BCUT2D eigenvalue weighted by Crippen LogP contribution is 2.31. The molecule has 0 bridgehead atoms. The van der Waals surface area contributed by atoms with E-state index in [2.05, 4.69) is 58.7 Å². The van der Waals surface area contributed by atoms with E-state index in [1.165, 1.54) is 5.69 Å². The molecule has 1 aliphatic rings. The fourth-order valence-electron chi connectivity index (χ4n) is 3.79. The van der Waals surface area contributed by atoms with E-state index in [9.17, 15) is 0 Å². The lowest BCUT2D eigenvalue weighted by molar-refractivity contribution is 0.116. The van der Waals surface area contributed by atoms with Crippen molar-refractivity contribution in [2.45, 2.75) is 39.8 Å². The van der Waals surface area contributed by atoms with Gasteiger partial charge in [0, 0.05) is 49.4 Å². The molecule has 0 spiro atoms. The van der Waals surface area contributed by atoms with E-state index in [-0.39, 0.29) is 5.54 Å². The number of pyridine rings is 1. The average molecular weight is 383 g/mol. The Labute approximate surface area is 165 Å². The van der Waals surface area contributed by atoms with Crippen LogP contribution in [0.25, 0.3) is 22.0 Å². The van der Waals surface area contributed by atoms with E-state index >= 15 is 0 Å². The molecule has 150 valence electrons. The van der Waals surface area contributed by atoms with Crippen molar-refractivity contribution in [2.75, 3.05) is 43.4 Å². The molecule has 1 aliphatic heterocycles. The molecule has 7 heteroatoms. The molecule has 3 heterocycles. The second kappa shape index (κ2) is 7.22. The molecular weight excluding hydrogens is 354 g/mol. The summed E-state index contributed by atoms with van der Waals surface area (Å²) in [5, 5.41) is 0.927. The Bertz CT molecular complexity index is 984. The monoisotopic (exact) mass is 383 g/mol. The number of piperazine rings is 1. The maximum Gasteiger partial charge on any atom is 0.221 e. The van der Waals surface area contributed by atoms with Crippen molar-refractivity contribution in [3.8, 4) is 0 Å². The smallest absolute Gasteiger partial charge is 0.221 e. The molecule has 2 N–H and O–H groups in total. The van der Waals surface area contributed by atoms with Gasteiger partial charge in [0.05, 0.1) is 5.52 Å². The van der Waals surface area contributed by atoms with E-state index in [1.807, 2.05) is 6.92 Å². The van der Waals surface area contributed by atoms with Gasteiger partial charge in [0.2, 0.25) is 5.89 Å². The zero-order valence-electron chi connectivity index (χ0n) is 17.2. The first-order valence-corrected chi connectivity index (χ1v) is 9.93. The first kappa shape index (κ1) is 19.0. The van der Waals surface area contributed by atoms with E-state index in [4.69, 9.17) is 14.9 Å². The quantitative estimate of drug-likeness (QED) is 0.739. The molecule has 0 amide bonds. The number of oxazole rings is 1. The normalized spacial score (nSPS) is 16.4. The van der Waals surface area contributed by atoms with E-state index in [0.717, 1.165) is 37.1 Å². The molecule has 4 rings (SSSR count). The van der Waals surface area contributed by atoms with Crippen LogP contribution in [0, 0.1) is 0 Å². The van der Waals surface area contributed by atoms with Crippen LogP contribution in [0.5, 0.6) is 0 Å². The summed E-state index contributed by atoms with van der Waals surface area (Å²) >= 11 is 0. The maximum atomic E-state index is 6.16. The van der Waals surface area contributed by atoms with Gasteiger partial charge in [-0.2, -0.15) is 0 Å². The third kappa shape index (κ3) is 3.52. The van der Waals surface area contributed by atoms with Gasteiger partial charge in [-0.1, -0.05) is 0 Å². The number of aromatic nitrogens is 2. The van der Waals surface area contributed by atoms with Crippen LogP contribution in [-0.4, -0.2) is 53.2 Å². The molecule has 1 fully saturated rings. The van der Waals surface area contributed by atoms with Gasteiger partial charge in [-0.15, -0.1) is 0 Å². The van der Waals surface area contributed by atoms with Crippen LogP contribution in [0.1, 0.15) is 33.6 Å². The summed E-state index contributed by atoms with van der Waals surface area (Å²) in [6.45, 7) is 13.8. The highest BCUT2D eigenvalue weighted by molar-refractivity contribution is 6.05. The maximum absolute atomic E-state index is 6.16. The van der Waals surface area contributed by atoms with Crippen molar-refractivity contribution in [3.05, 3.63) is 24.1 Å². The van der Waals surface area contributed by atoms with Gasteiger partial charge < -0.3 is 19.8 Å². The molecule has 0 aliphatic carbocycles. The van der Waals surface area contributed by atoms with Crippen molar-refractivity contribution in [3.63, 3.8) is 0 Å². The van der Waals surface area contributed by atoms with Crippen LogP contribution < -0.4 is 10.6 Å². The molecule has 1 aromatic carbocycles. The minimum absolute atomic E-state index is 0.211. The molecule has 0 saturated carbocycles. The van der Waals surface area contributed by atoms with Gasteiger partial charge in [-0.3, -0.25) is 4.90 Å². The number of hydrogen-bond donors (Lipinski definition) is 1. The summed E-state index contributed by atoms with van der Waals surface area (Å²) in [6, 6.07) is 6.30. The lowest BCUT2D eigenvalue weighted by Gasteiger charge is -2.43. The molecule has 0 radical (unpaired) electrons. The van der Waals surface area contributed by atoms with Crippen LogP contribution in [0.2, 0.25) is 0 Å². The molecule has 3 aromatic rings. The second-order valence-electron chi connectivity index (χ2n) is 8.27. The van der Waals surface area contributed by atoms with Crippen LogP contribution in [-0.2, 0) is 11.3 Å². The summed E-state index contributed by atoms with van der Waals surface area (Å²) in [7, 11) is 0. The fraction of sp³-hybridized carbons (Fsp3) is 0.524. The van der Waals surface area contributed by atoms with Crippen molar-refractivity contribution in [1.29, 1.82) is 0 Å². The predicted octanol–water partition coefficient (Wildman–Crippen LogP) is 3.42. The summed E-state index contributed by atoms with van der Waals surface area (Å²) in [6.07, 6.45) is 0. The zero-order valence-corrected chi connectivity index (χ0v) is 17.2. The number of benzene rings is 1. The summed E-state index contributed by atoms with van der Waals surface area (Å²) in [5.74, 6) is 0.920. The Kier molecular flexibility index (Phi) is 4.89. The number of hydrogen-bond acceptors (Lipinski definition) is 7. The number of rotatable bonds is 4. The molecule has 2 aromatic heterocycles. The summed E-state index contributed by atoms with van der Waals surface area (Å²) < 4.78 is 11.3. The predicted molar refractivity (Wildman–Crippen MR) is 113 cm³/mol. The van der Waals surface area contributed by atoms with E-state index in [1.54, 1.807) is 0 Å². The minimum atomic E-state index is 0.211. The second-order valence-corrected chi connectivity index (χ2v) is 8.27. The SMILES string of the molecule is CCOCc1nc2c(N)nc3cc(N4CCN(C(C)(C)C)CC4)ccc3c2o1. The molecule has 28 heavy (non-hydrogen) atoms. The van der Waals surface area contributed by atoms with Gasteiger partial charge in [0.25, 0.3) is 0 Å². The molecule has 0 atom stereocenters. The van der Waals surface area contributed by atoms with Crippen LogP contribution in [0.4, 0.5) is 11.5 Å². The van der Waals surface area contributed by atoms with E-state index < -0.39 is 0 Å². The Morgan fingerprint density at radius 3 is 2.57 bits per heavy atom. The molecule has 1 saturated heterocycles. The van der Waals surface area contributed by atoms with Crippen LogP contribution in [0.15, 0.2) is 22.6 Å². The number of nitrogens with zero attached hydrogens (tertiary/aromatic N) is 4. The molecule has 0 unspecified atom stereocenters. The van der Waals surface area contributed by atoms with Gasteiger partial charge >= 0.3 is 0 Å². The minimum Gasteiger partial charge on any atom is -0.437 e. The van der Waals surface area contributed by atoms with Gasteiger partial charge in [0.1, 0.15) is 6.61 Å². The standard InChI is InChI=1S/C21H29N5O2/c1-5-27-13-17-24-18-19(28-17)15-7-6-14(12-16(15)23-20(18)22)25-8-10-26(11-9-25)21(2,3)4/h6-7,12H,5,8-11,13H2,1-4H3,(H2,22,23). The van der Waals surface area contributed by atoms with E-state index in [0.29, 0.717) is 36.0 Å². The Hall–Kier alpha value is -2.38. The number of nitrogens with two attached hydrogens (primary N) is 1. The topological polar surface area (TPSA) is 80.6 Å². The fourth-order valence-corrected chi connectivity index (χ4v) is 3.79. The Balaban J connectivity index is 1.63. The van der Waals surface area contributed by atoms with Gasteiger partial charge in [-0.05, 0) is 45.9 Å². The van der Waals surface area contributed by atoms with Gasteiger partial charge in [-0.25, -0.2) is 9.97 Å². The zero-order chi connectivity index (χ0) is 19.9. The number of anilines is 2. The van der Waals surface area contributed by atoms with Crippen LogP contribution >= 0.6 is 0 Å². The van der Waals surface area contributed by atoms with Crippen molar-refractivity contribution in [1.82, 2.24) is 14.9 Å². The highest BCUT2D eigenvalue weighted by atomic mass is 16.5. The lowest BCUT2D eigenvalue weighted by atomic mass is 10.0. The summed E-state index contributed by atoms with van der Waals surface area (Å²) in [5.41, 5.74) is 9.66. The third-order valence-electron chi connectivity index (χ3n) is 5.40. The number of fused-ring (bicyclic) bond motifs is 3. The summed E-state index contributed by atoms with van der Waals surface area (Å²) in [4.78, 5) is 14.0. The highest BCUT2D eigenvalue weighted by Gasteiger charge is 2.26. The molecule has 7 nitrogen and oxygen atoms in total. The first-order valence-electron chi connectivity index (χ1n) is 9.93. The van der Waals surface area contributed by atoms with Crippen molar-refractivity contribution in [2.24, 2.45) is 0 Å². The Morgan fingerprint density at radius 2 is 1.89 bits per heavy atom. The van der Waals surface area contributed by atoms with Crippen LogP contribution in [0.3, 0.4) is 0 Å². The lowest BCUT2D eigenvalue weighted by Crippen LogP contribution is -2.53. The largest absolute Gasteiger partial charge is 0.437 e. The van der Waals surface area contributed by atoms with Crippen molar-refractivity contribution >= 4 is 33.5 Å². The van der Waals surface area contributed by atoms with Gasteiger partial charge in [0.15, 0.2) is 16.9 Å². The molecular formula is C21H29N5O2.